The van der Waals surface area contributed by atoms with Crippen molar-refractivity contribution in [1.29, 1.82) is 0 Å². The van der Waals surface area contributed by atoms with Gasteiger partial charge in [0.25, 0.3) is 5.91 Å². The lowest BCUT2D eigenvalue weighted by Gasteiger charge is -2.22. The summed E-state index contributed by atoms with van der Waals surface area (Å²) in [5.41, 5.74) is -4.56. The van der Waals surface area contributed by atoms with Crippen molar-refractivity contribution in [2.75, 3.05) is 19.1 Å². The third-order valence-electron chi connectivity index (χ3n) is 4.80. The molecule has 4 nitrogen and oxygen atoms in total. The molecule has 0 aliphatic carbocycles. The highest BCUT2D eigenvalue weighted by Gasteiger charge is 2.38. The summed E-state index contributed by atoms with van der Waals surface area (Å²) < 4.78 is 112. The lowest BCUT2D eigenvalue weighted by atomic mass is 10.0. The molecule has 34 heavy (non-hydrogen) atoms. The summed E-state index contributed by atoms with van der Waals surface area (Å²) in [6.45, 7) is 0. The highest BCUT2D eigenvalue weighted by atomic mass is 19.4. The maximum absolute atomic E-state index is 14.2. The molecular formula is C22H14F8N2O2. The standard InChI is InChI=1S/C22H14F8N2O2/c1-32(20(33)11-5-12(21(25,26)27)7-13(6-11)22(28,29)30)18-10-31-4-3-15(18)16-8-14(23)9-17(24)19(16)34-2/h3-10H,1-2H3. The minimum Gasteiger partial charge on any atom is -0.493 e. The van der Waals surface area contributed by atoms with Gasteiger partial charge in [-0.05, 0) is 30.3 Å². The largest absolute Gasteiger partial charge is 0.493 e. The number of hydrogen-bond acceptors (Lipinski definition) is 3. The van der Waals surface area contributed by atoms with E-state index in [-0.39, 0.29) is 35.0 Å². The van der Waals surface area contributed by atoms with Gasteiger partial charge in [-0.1, -0.05) is 0 Å². The van der Waals surface area contributed by atoms with E-state index in [9.17, 15) is 39.9 Å². The van der Waals surface area contributed by atoms with Gasteiger partial charge in [-0.3, -0.25) is 9.78 Å². The number of nitrogens with zero attached hydrogens (tertiary/aromatic N) is 2. The molecule has 0 aliphatic heterocycles. The van der Waals surface area contributed by atoms with E-state index >= 15 is 0 Å². The minimum atomic E-state index is -5.15. The van der Waals surface area contributed by atoms with Crippen LogP contribution in [-0.2, 0) is 12.4 Å². The SMILES string of the molecule is COc1c(F)cc(F)cc1-c1ccncc1N(C)C(=O)c1cc(C(F)(F)F)cc(C(F)(F)F)c1. The van der Waals surface area contributed by atoms with E-state index in [0.717, 1.165) is 31.3 Å². The number of methoxy groups -OCH3 is 1. The van der Waals surface area contributed by atoms with Crippen molar-refractivity contribution in [3.8, 4) is 16.9 Å². The number of hydrogen-bond donors (Lipinski definition) is 0. The minimum absolute atomic E-state index is 0.0101. The van der Waals surface area contributed by atoms with Crippen LogP contribution in [0.1, 0.15) is 21.5 Å². The first-order chi connectivity index (χ1) is 15.7. The summed E-state index contributed by atoms with van der Waals surface area (Å²) in [6, 6.07) is 3.17. The zero-order valence-corrected chi connectivity index (χ0v) is 17.4. The van der Waals surface area contributed by atoms with E-state index < -0.39 is 52.3 Å². The van der Waals surface area contributed by atoms with E-state index in [4.69, 9.17) is 4.74 Å². The van der Waals surface area contributed by atoms with E-state index in [1.54, 1.807) is 0 Å². The highest BCUT2D eigenvalue weighted by molar-refractivity contribution is 6.08. The number of amides is 1. The van der Waals surface area contributed by atoms with Gasteiger partial charge < -0.3 is 9.64 Å². The van der Waals surface area contributed by atoms with Crippen LogP contribution < -0.4 is 9.64 Å². The highest BCUT2D eigenvalue weighted by Crippen LogP contribution is 2.40. The van der Waals surface area contributed by atoms with Gasteiger partial charge >= 0.3 is 12.4 Å². The number of rotatable bonds is 4. The van der Waals surface area contributed by atoms with Crippen LogP contribution in [0, 0.1) is 11.6 Å². The van der Waals surface area contributed by atoms with Crippen LogP contribution in [0.4, 0.5) is 40.8 Å². The average molecular weight is 490 g/mol. The van der Waals surface area contributed by atoms with Crippen LogP contribution in [0.25, 0.3) is 11.1 Å². The van der Waals surface area contributed by atoms with Crippen LogP contribution in [0.15, 0.2) is 48.8 Å². The molecule has 0 saturated heterocycles. The molecule has 0 fully saturated rings. The van der Waals surface area contributed by atoms with Crippen molar-refractivity contribution in [2.24, 2.45) is 0 Å². The molecule has 0 bridgehead atoms. The van der Waals surface area contributed by atoms with Crippen molar-refractivity contribution in [3.05, 3.63) is 77.1 Å². The summed E-state index contributed by atoms with van der Waals surface area (Å²) in [5, 5.41) is 0. The van der Waals surface area contributed by atoms with Crippen molar-refractivity contribution in [1.82, 2.24) is 4.98 Å². The fraction of sp³-hybridized carbons (Fsp3) is 0.182. The lowest BCUT2D eigenvalue weighted by Crippen LogP contribution is -2.28. The van der Waals surface area contributed by atoms with Crippen LogP contribution in [0.3, 0.4) is 0 Å². The van der Waals surface area contributed by atoms with Crippen LogP contribution in [-0.4, -0.2) is 25.0 Å². The van der Waals surface area contributed by atoms with Crippen molar-refractivity contribution >= 4 is 11.6 Å². The quantitative estimate of drug-likeness (QED) is 0.401. The summed E-state index contributed by atoms with van der Waals surface area (Å²) in [5.74, 6) is -3.70. The number of halogens is 8. The number of benzene rings is 2. The van der Waals surface area contributed by atoms with Gasteiger partial charge in [0, 0.05) is 36.0 Å². The Kier molecular flexibility index (Phi) is 6.54. The Morgan fingerprint density at radius 1 is 0.912 bits per heavy atom. The predicted molar refractivity (Wildman–Crippen MR) is 105 cm³/mol. The van der Waals surface area contributed by atoms with Crippen molar-refractivity contribution in [2.45, 2.75) is 12.4 Å². The van der Waals surface area contributed by atoms with E-state index in [2.05, 4.69) is 4.98 Å². The Hall–Kier alpha value is -3.70. The average Bonchev–Trinajstić information content (AvgIpc) is 2.76. The number of alkyl halides is 6. The Morgan fingerprint density at radius 3 is 2.03 bits per heavy atom. The number of ether oxygens (including phenoxy) is 1. The van der Waals surface area contributed by atoms with Crippen LogP contribution in [0.2, 0.25) is 0 Å². The van der Waals surface area contributed by atoms with Gasteiger partial charge in [-0.2, -0.15) is 26.3 Å². The molecule has 0 aliphatic rings. The molecule has 3 aromatic rings. The second-order valence-corrected chi connectivity index (χ2v) is 7.02. The van der Waals surface area contributed by atoms with E-state index in [0.29, 0.717) is 6.07 Å². The molecule has 0 N–H and O–H groups in total. The molecule has 1 amide bonds. The van der Waals surface area contributed by atoms with E-state index in [1.807, 2.05) is 0 Å². The monoisotopic (exact) mass is 490 g/mol. The Labute approximate surface area is 187 Å². The summed E-state index contributed by atoms with van der Waals surface area (Å²) >= 11 is 0. The molecule has 12 heteroatoms. The zero-order valence-electron chi connectivity index (χ0n) is 17.4. The molecule has 0 unspecified atom stereocenters. The first kappa shape index (κ1) is 24.9. The molecule has 2 aromatic carbocycles. The molecule has 0 atom stereocenters. The molecule has 1 aromatic heterocycles. The maximum Gasteiger partial charge on any atom is 0.416 e. The fourth-order valence-corrected chi connectivity index (χ4v) is 3.23. The fourth-order valence-electron chi connectivity index (χ4n) is 3.23. The normalized spacial score (nSPS) is 11.9. The molecule has 1 heterocycles. The van der Waals surface area contributed by atoms with Gasteiger partial charge in [0.1, 0.15) is 5.82 Å². The smallest absolute Gasteiger partial charge is 0.416 e. The number of anilines is 1. The Balaban J connectivity index is 2.15. The van der Waals surface area contributed by atoms with E-state index in [1.165, 1.54) is 12.3 Å². The lowest BCUT2D eigenvalue weighted by molar-refractivity contribution is -0.143. The molecule has 3 rings (SSSR count). The second kappa shape index (κ2) is 8.92. The van der Waals surface area contributed by atoms with Crippen molar-refractivity contribution < 1.29 is 44.7 Å². The van der Waals surface area contributed by atoms with Crippen molar-refractivity contribution in [3.63, 3.8) is 0 Å². The van der Waals surface area contributed by atoms with Crippen LogP contribution >= 0.6 is 0 Å². The number of carbonyl (C=O) groups is 1. The van der Waals surface area contributed by atoms with Crippen LogP contribution in [0.5, 0.6) is 5.75 Å². The maximum atomic E-state index is 14.2. The Morgan fingerprint density at radius 2 is 1.50 bits per heavy atom. The van der Waals surface area contributed by atoms with Gasteiger partial charge in [0.05, 0.1) is 30.1 Å². The second-order valence-electron chi connectivity index (χ2n) is 7.02. The molecule has 0 saturated carbocycles. The first-order valence-electron chi connectivity index (χ1n) is 9.29. The summed E-state index contributed by atoms with van der Waals surface area (Å²) in [4.78, 5) is 17.5. The topological polar surface area (TPSA) is 42.4 Å². The molecule has 180 valence electrons. The molecule has 0 radical (unpaired) electrons. The van der Waals surface area contributed by atoms with Gasteiger partial charge in [0.2, 0.25) is 0 Å². The van der Waals surface area contributed by atoms with Gasteiger partial charge in [0.15, 0.2) is 11.6 Å². The first-order valence-corrected chi connectivity index (χ1v) is 9.29. The van der Waals surface area contributed by atoms with Gasteiger partial charge in [-0.15, -0.1) is 0 Å². The molecule has 0 spiro atoms. The third-order valence-corrected chi connectivity index (χ3v) is 4.80. The number of aromatic nitrogens is 1. The Bertz CT molecular complexity index is 1210. The summed E-state index contributed by atoms with van der Waals surface area (Å²) in [6.07, 6.45) is -8.03. The number of carbonyl (C=O) groups excluding carboxylic acids is 1. The predicted octanol–water partition coefficient (Wildman–Crippen LogP) is 6.35. The number of pyridine rings is 1. The molecular weight excluding hydrogens is 476 g/mol. The third kappa shape index (κ3) is 4.95. The van der Waals surface area contributed by atoms with Gasteiger partial charge in [-0.25, -0.2) is 8.78 Å². The summed E-state index contributed by atoms with van der Waals surface area (Å²) in [7, 11) is 2.18. The zero-order chi connectivity index (χ0) is 25.4.